The van der Waals surface area contributed by atoms with Gasteiger partial charge in [-0.3, -0.25) is 0 Å². The van der Waals surface area contributed by atoms with Crippen LogP contribution in [0.3, 0.4) is 0 Å². The van der Waals surface area contributed by atoms with Gasteiger partial charge in [-0.15, -0.1) is 0 Å². The summed E-state index contributed by atoms with van der Waals surface area (Å²) in [5, 5.41) is 3.28. The van der Waals surface area contributed by atoms with E-state index in [1.165, 1.54) is 8.61 Å². The summed E-state index contributed by atoms with van der Waals surface area (Å²) in [6.07, 6.45) is 0.818. The Morgan fingerprint density at radius 2 is 1.94 bits per heavy atom. The molecule has 6 nitrogen and oxygen atoms in total. The van der Waals surface area contributed by atoms with Crippen molar-refractivity contribution in [2.24, 2.45) is 0 Å². The van der Waals surface area contributed by atoms with Gasteiger partial charge in [0.2, 0.25) is 0 Å². The zero-order valence-corrected chi connectivity index (χ0v) is 12.4. The molecule has 0 aromatic carbocycles. The van der Waals surface area contributed by atoms with E-state index in [1.807, 2.05) is 0 Å². The Kier molecular flexibility index (Phi) is 6.51. The zero-order chi connectivity index (χ0) is 13.6. The predicted molar refractivity (Wildman–Crippen MR) is 71.7 cm³/mol. The van der Waals surface area contributed by atoms with Crippen molar-refractivity contribution in [3.8, 4) is 0 Å². The lowest BCUT2D eigenvalue weighted by atomic mass is 10.3. The Morgan fingerprint density at radius 3 is 2.50 bits per heavy atom. The van der Waals surface area contributed by atoms with E-state index >= 15 is 0 Å². The summed E-state index contributed by atoms with van der Waals surface area (Å²) in [6, 6.07) is 0.436. The van der Waals surface area contributed by atoms with Gasteiger partial charge in [0.05, 0.1) is 13.2 Å². The van der Waals surface area contributed by atoms with Crippen LogP contribution in [-0.4, -0.2) is 69.5 Å². The lowest BCUT2D eigenvalue weighted by Crippen LogP contribution is -2.47. The molecule has 0 aromatic heterocycles. The van der Waals surface area contributed by atoms with Gasteiger partial charge in [0.15, 0.2) is 0 Å². The van der Waals surface area contributed by atoms with Crippen molar-refractivity contribution < 1.29 is 13.2 Å². The highest BCUT2D eigenvalue weighted by Gasteiger charge is 2.27. The monoisotopic (exact) mass is 279 g/mol. The van der Waals surface area contributed by atoms with Gasteiger partial charge in [-0.25, -0.2) is 0 Å². The number of ether oxygens (including phenoxy) is 1. The largest absolute Gasteiger partial charge is 0.379 e. The Labute approximate surface area is 110 Å². The van der Waals surface area contributed by atoms with Crippen LogP contribution >= 0.6 is 0 Å². The van der Waals surface area contributed by atoms with E-state index in [1.54, 1.807) is 7.05 Å². The first-order valence-corrected chi connectivity index (χ1v) is 7.87. The van der Waals surface area contributed by atoms with Crippen molar-refractivity contribution in [3.63, 3.8) is 0 Å². The predicted octanol–water partition coefficient (Wildman–Crippen LogP) is -0.117. The first kappa shape index (κ1) is 15.8. The van der Waals surface area contributed by atoms with Crippen LogP contribution in [0.2, 0.25) is 0 Å². The van der Waals surface area contributed by atoms with Crippen molar-refractivity contribution in [3.05, 3.63) is 0 Å². The molecule has 0 aromatic rings. The summed E-state index contributed by atoms with van der Waals surface area (Å²) in [5.74, 6) is 0. The van der Waals surface area contributed by atoms with Crippen LogP contribution in [0.25, 0.3) is 0 Å². The third kappa shape index (κ3) is 4.81. The standard InChI is InChI=1S/C11H25N3O3S/c1-11(2)12-5-4-6-13(3)18(15,16)14-7-9-17-10-8-14/h11-12H,4-10H2,1-3H3. The average Bonchev–Trinajstić information content (AvgIpc) is 2.35. The van der Waals surface area contributed by atoms with E-state index in [0.717, 1.165) is 13.0 Å². The van der Waals surface area contributed by atoms with Crippen molar-refractivity contribution in [2.45, 2.75) is 26.3 Å². The van der Waals surface area contributed by atoms with Gasteiger partial charge in [-0.1, -0.05) is 13.8 Å². The second kappa shape index (κ2) is 7.40. The highest BCUT2D eigenvalue weighted by atomic mass is 32.2. The van der Waals surface area contributed by atoms with Crippen molar-refractivity contribution in [1.82, 2.24) is 13.9 Å². The molecule has 0 bridgehead atoms. The Bertz CT molecular complexity index is 326. The number of hydrogen-bond donors (Lipinski definition) is 1. The molecular formula is C11H25N3O3S. The van der Waals surface area contributed by atoms with Crippen LogP contribution < -0.4 is 5.32 Å². The zero-order valence-electron chi connectivity index (χ0n) is 11.6. The minimum Gasteiger partial charge on any atom is -0.379 e. The van der Waals surface area contributed by atoms with Gasteiger partial charge in [-0.2, -0.15) is 17.0 Å². The molecule has 1 saturated heterocycles. The van der Waals surface area contributed by atoms with E-state index in [-0.39, 0.29) is 0 Å². The second-order valence-electron chi connectivity index (χ2n) is 4.80. The molecule has 1 rings (SSSR count). The smallest absolute Gasteiger partial charge is 0.281 e. The number of rotatable bonds is 7. The van der Waals surface area contributed by atoms with Crippen LogP contribution in [0.15, 0.2) is 0 Å². The molecule has 0 spiro atoms. The van der Waals surface area contributed by atoms with Crippen LogP contribution in [-0.2, 0) is 14.9 Å². The summed E-state index contributed by atoms with van der Waals surface area (Å²) in [7, 11) is -1.66. The molecule has 1 aliphatic heterocycles. The summed E-state index contributed by atoms with van der Waals surface area (Å²) >= 11 is 0. The van der Waals surface area contributed by atoms with E-state index < -0.39 is 10.2 Å². The molecule has 0 amide bonds. The van der Waals surface area contributed by atoms with Gasteiger partial charge in [-0.05, 0) is 13.0 Å². The normalized spacial score (nSPS) is 18.7. The SMILES string of the molecule is CC(C)NCCCN(C)S(=O)(=O)N1CCOCC1. The van der Waals surface area contributed by atoms with Gasteiger partial charge >= 0.3 is 0 Å². The number of nitrogens with one attached hydrogen (secondary N) is 1. The maximum atomic E-state index is 12.2. The van der Waals surface area contributed by atoms with Gasteiger partial charge in [0, 0.05) is 32.7 Å². The molecule has 1 N–H and O–H groups in total. The summed E-state index contributed by atoms with van der Waals surface area (Å²) in [4.78, 5) is 0. The number of morpholine rings is 1. The molecular weight excluding hydrogens is 254 g/mol. The molecule has 0 atom stereocenters. The summed E-state index contributed by atoms with van der Waals surface area (Å²) in [5.41, 5.74) is 0. The third-order valence-electron chi connectivity index (χ3n) is 2.89. The Balaban J connectivity index is 2.36. The van der Waals surface area contributed by atoms with E-state index in [9.17, 15) is 8.42 Å². The molecule has 0 aliphatic carbocycles. The fraction of sp³-hybridized carbons (Fsp3) is 1.00. The van der Waals surface area contributed by atoms with Gasteiger partial charge < -0.3 is 10.1 Å². The molecule has 1 heterocycles. The quantitative estimate of drug-likeness (QED) is 0.660. The van der Waals surface area contributed by atoms with Crippen LogP contribution in [0.4, 0.5) is 0 Å². The van der Waals surface area contributed by atoms with Crippen molar-refractivity contribution in [1.29, 1.82) is 0 Å². The first-order valence-electron chi connectivity index (χ1n) is 6.47. The molecule has 1 fully saturated rings. The lowest BCUT2D eigenvalue weighted by Gasteiger charge is -2.30. The second-order valence-corrected chi connectivity index (χ2v) is 6.84. The molecule has 0 saturated carbocycles. The molecule has 1 aliphatic rings. The molecule has 0 unspecified atom stereocenters. The Morgan fingerprint density at radius 1 is 1.33 bits per heavy atom. The van der Waals surface area contributed by atoms with Crippen LogP contribution in [0.5, 0.6) is 0 Å². The third-order valence-corrected chi connectivity index (χ3v) is 4.88. The minimum atomic E-state index is -3.30. The minimum absolute atomic E-state index is 0.436. The maximum Gasteiger partial charge on any atom is 0.281 e. The fourth-order valence-corrected chi connectivity index (χ4v) is 3.15. The average molecular weight is 279 g/mol. The topological polar surface area (TPSA) is 61.9 Å². The fourth-order valence-electron chi connectivity index (χ4n) is 1.78. The van der Waals surface area contributed by atoms with Crippen molar-refractivity contribution >= 4 is 10.2 Å². The maximum absolute atomic E-state index is 12.2. The number of hydrogen-bond acceptors (Lipinski definition) is 4. The van der Waals surface area contributed by atoms with Crippen LogP contribution in [0, 0.1) is 0 Å². The van der Waals surface area contributed by atoms with Crippen LogP contribution in [0.1, 0.15) is 20.3 Å². The number of nitrogens with zero attached hydrogens (tertiary/aromatic N) is 2. The van der Waals surface area contributed by atoms with Crippen molar-refractivity contribution in [2.75, 3.05) is 46.4 Å². The lowest BCUT2D eigenvalue weighted by molar-refractivity contribution is 0.0706. The van der Waals surface area contributed by atoms with Gasteiger partial charge in [0.25, 0.3) is 10.2 Å². The van der Waals surface area contributed by atoms with Gasteiger partial charge in [0.1, 0.15) is 0 Å². The molecule has 18 heavy (non-hydrogen) atoms. The van der Waals surface area contributed by atoms with E-state index in [2.05, 4.69) is 19.2 Å². The summed E-state index contributed by atoms with van der Waals surface area (Å²) in [6.45, 7) is 7.42. The van der Waals surface area contributed by atoms with E-state index in [0.29, 0.717) is 38.9 Å². The molecule has 108 valence electrons. The highest BCUT2D eigenvalue weighted by molar-refractivity contribution is 7.86. The molecule has 0 radical (unpaired) electrons. The molecule has 7 heteroatoms. The Hall–Kier alpha value is -0.210. The summed E-state index contributed by atoms with van der Waals surface area (Å²) < 4.78 is 32.5. The first-order chi connectivity index (χ1) is 8.44. The highest BCUT2D eigenvalue weighted by Crippen LogP contribution is 2.09. The van der Waals surface area contributed by atoms with E-state index in [4.69, 9.17) is 4.74 Å².